The largest absolute Gasteiger partial charge is 0.290 e. The molecule has 0 bridgehead atoms. The first-order valence-corrected chi connectivity index (χ1v) is 7.94. The van der Waals surface area contributed by atoms with Crippen molar-refractivity contribution in [3.63, 3.8) is 0 Å². The number of carbonyl (C=O) groups is 1. The summed E-state index contributed by atoms with van der Waals surface area (Å²) in [6.07, 6.45) is 12.4. The van der Waals surface area contributed by atoms with Crippen molar-refractivity contribution in [2.75, 3.05) is 4.43 Å². The Morgan fingerprint density at radius 1 is 1.21 bits per heavy atom. The van der Waals surface area contributed by atoms with Crippen molar-refractivity contribution >= 4 is 34.5 Å². The van der Waals surface area contributed by atoms with Gasteiger partial charge in [0, 0.05) is 4.43 Å². The number of ketones is 1. The van der Waals surface area contributed by atoms with Crippen LogP contribution >= 0.6 is 22.6 Å². The third kappa shape index (κ3) is 6.53. The maximum atomic E-state index is 11.2. The SMILES string of the molecule is C=CC(=O)/C=C/c1ccccc1CC/C=C\CCI. The van der Waals surface area contributed by atoms with Crippen LogP contribution in [0.4, 0.5) is 0 Å². The zero-order valence-electron chi connectivity index (χ0n) is 11.0. The summed E-state index contributed by atoms with van der Waals surface area (Å²) in [6.45, 7) is 3.46. The van der Waals surface area contributed by atoms with Crippen molar-refractivity contribution in [3.8, 4) is 0 Å². The van der Waals surface area contributed by atoms with Crippen LogP contribution in [0.25, 0.3) is 6.08 Å². The maximum absolute atomic E-state index is 11.2. The van der Waals surface area contributed by atoms with Gasteiger partial charge in [-0.25, -0.2) is 0 Å². The Morgan fingerprint density at radius 2 is 1.95 bits per heavy atom. The van der Waals surface area contributed by atoms with E-state index in [9.17, 15) is 4.79 Å². The van der Waals surface area contributed by atoms with E-state index in [1.165, 1.54) is 11.6 Å². The molecule has 0 unspecified atom stereocenters. The van der Waals surface area contributed by atoms with Crippen molar-refractivity contribution in [3.05, 3.63) is 66.3 Å². The van der Waals surface area contributed by atoms with Crippen LogP contribution in [0.2, 0.25) is 0 Å². The Kier molecular flexibility index (Phi) is 8.14. The maximum Gasteiger partial charge on any atom is 0.178 e. The molecule has 1 aromatic carbocycles. The first kappa shape index (κ1) is 15.9. The Labute approximate surface area is 129 Å². The molecule has 1 aromatic rings. The van der Waals surface area contributed by atoms with Crippen LogP contribution in [-0.2, 0) is 11.2 Å². The molecule has 1 nitrogen and oxygen atoms in total. The van der Waals surface area contributed by atoms with E-state index >= 15 is 0 Å². The summed E-state index contributed by atoms with van der Waals surface area (Å²) in [5.74, 6) is -0.0586. The van der Waals surface area contributed by atoms with Crippen LogP contribution in [0.5, 0.6) is 0 Å². The number of hydrogen-bond acceptors (Lipinski definition) is 1. The van der Waals surface area contributed by atoms with Crippen LogP contribution in [0.1, 0.15) is 24.0 Å². The Balaban J connectivity index is 2.65. The van der Waals surface area contributed by atoms with Crippen molar-refractivity contribution in [1.82, 2.24) is 0 Å². The van der Waals surface area contributed by atoms with E-state index in [0.717, 1.165) is 29.3 Å². The number of hydrogen-bond donors (Lipinski definition) is 0. The minimum atomic E-state index is -0.0586. The van der Waals surface area contributed by atoms with E-state index < -0.39 is 0 Å². The highest BCUT2D eigenvalue weighted by molar-refractivity contribution is 14.1. The van der Waals surface area contributed by atoms with Crippen molar-refractivity contribution in [2.24, 2.45) is 0 Å². The molecule has 0 fully saturated rings. The predicted molar refractivity (Wildman–Crippen MR) is 91.6 cm³/mol. The van der Waals surface area contributed by atoms with Crippen molar-refractivity contribution in [2.45, 2.75) is 19.3 Å². The summed E-state index contributed by atoms with van der Waals surface area (Å²) < 4.78 is 1.16. The second-order valence-electron chi connectivity index (χ2n) is 4.13. The summed E-state index contributed by atoms with van der Waals surface area (Å²) in [7, 11) is 0. The number of aryl methyl sites for hydroxylation is 1. The first-order chi connectivity index (χ1) is 9.27. The molecule has 0 spiro atoms. The van der Waals surface area contributed by atoms with Gasteiger partial charge in [0.25, 0.3) is 0 Å². The van der Waals surface area contributed by atoms with Gasteiger partial charge >= 0.3 is 0 Å². The summed E-state index contributed by atoms with van der Waals surface area (Å²) >= 11 is 2.38. The molecule has 0 aliphatic carbocycles. The molecule has 0 atom stereocenters. The average molecular weight is 366 g/mol. The molecule has 0 aliphatic rings. The summed E-state index contributed by atoms with van der Waals surface area (Å²) in [6, 6.07) is 8.19. The van der Waals surface area contributed by atoms with E-state index in [1.54, 1.807) is 6.08 Å². The minimum absolute atomic E-state index is 0.0586. The molecule has 0 heterocycles. The van der Waals surface area contributed by atoms with Crippen molar-refractivity contribution in [1.29, 1.82) is 0 Å². The van der Waals surface area contributed by atoms with Gasteiger partial charge in [-0.05, 0) is 42.5 Å². The van der Waals surface area contributed by atoms with Gasteiger partial charge in [0.1, 0.15) is 0 Å². The van der Waals surface area contributed by atoms with Crippen LogP contribution in [0, 0.1) is 0 Å². The molecular weight excluding hydrogens is 347 g/mol. The highest BCUT2D eigenvalue weighted by Gasteiger charge is 1.98. The predicted octanol–water partition coefficient (Wildman–Crippen LogP) is 4.77. The highest BCUT2D eigenvalue weighted by atomic mass is 127. The second-order valence-corrected chi connectivity index (χ2v) is 5.21. The molecule has 0 amide bonds. The zero-order chi connectivity index (χ0) is 13.9. The number of carbonyl (C=O) groups excluding carboxylic acids is 1. The number of halogens is 1. The topological polar surface area (TPSA) is 17.1 Å². The van der Waals surface area contributed by atoms with Gasteiger partial charge in [-0.15, -0.1) is 0 Å². The molecule has 2 heteroatoms. The van der Waals surface area contributed by atoms with E-state index in [1.807, 2.05) is 24.3 Å². The van der Waals surface area contributed by atoms with E-state index in [0.29, 0.717) is 0 Å². The molecule has 100 valence electrons. The smallest absolute Gasteiger partial charge is 0.178 e. The van der Waals surface area contributed by atoms with Crippen LogP contribution < -0.4 is 0 Å². The lowest BCUT2D eigenvalue weighted by atomic mass is 10.0. The third-order valence-corrected chi connectivity index (χ3v) is 3.33. The molecule has 0 saturated carbocycles. The van der Waals surface area contributed by atoms with E-state index in [2.05, 4.69) is 47.4 Å². The van der Waals surface area contributed by atoms with Gasteiger partial charge in [-0.3, -0.25) is 4.79 Å². The van der Waals surface area contributed by atoms with Gasteiger partial charge in [0.15, 0.2) is 5.78 Å². The van der Waals surface area contributed by atoms with Gasteiger partial charge in [0.2, 0.25) is 0 Å². The van der Waals surface area contributed by atoms with Crippen LogP contribution in [0.3, 0.4) is 0 Å². The summed E-state index contributed by atoms with van der Waals surface area (Å²) in [4.78, 5) is 11.2. The molecular formula is C17H19IO. The lowest BCUT2D eigenvalue weighted by Gasteiger charge is -2.03. The molecule has 0 radical (unpaired) electrons. The first-order valence-electron chi connectivity index (χ1n) is 6.41. The van der Waals surface area contributed by atoms with Crippen LogP contribution in [0.15, 0.2) is 55.1 Å². The lowest BCUT2D eigenvalue weighted by Crippen LogP contribution is -1.89. The van der Waals surface area contributed by atoms with Crippen molar-refractivity contribution < 1.29 is 4.79 Å². The summed E-state index contributed by atoms with van der Waals surface area (Å²) in [5, 5.41) is 0. The average Bonchev–Trinajstić information content (AvgIpc) is 2.45. The number of benzene rings is 1. The van der Waals surface area contributed by atoms with E-state index in [-0.39, 0.29) is 5.78 Å². The minimum Gasteiger partial charge on any atom is -0.290 e. The quantitative estimate of drug-likeness (QED) is 0.280. The third-order valence-electron chi connectivity index (χ3n) is 2.71. The molecule has 0 aromatic heterocycles. The molecule has 0 aliphatic heterocycles. The summed E-state index contributed by atoms with van der Waals surface area (Å²) in [5.41, 5.74) is 2.38. The fourth-order valence-corrected chi connectivity index (χ4v) is 2.06. The Bertz CT molecular complexity index is 472. The normalized spacial score (nSPS) is 11.2. The fourth-order valence-electron chi connectivity index (χ4n) is 1.70. The Hall–Kier alpha value is -1.16. The second kappa shape index (κ2) is 9.73. The fraction of sp³-hybridized carbons (Fsp3) is 0.235. The van der Waals surface area contributed by atoms with Gasteiger partial charge < -0.3 is 0 Å². The van der Waals surface area contributed by atoms with Gasteiger partial charge in [-0.2, -0.15) is 0 Å². The monoisotopic (exact) mass is 366 g/mol. The van der Waals surface area contributed by atoms with Crippen LogP contribution in [-0.4, -0.2) is 10.2 Å². The van der Waals surface area contributed by atoms with E-state index in [4.69, 9.17) is 0 Å². The Morgan fingerprint density at radius 3 is 2.68 bits per heavy atom. The molecule has 19 heavy (non-hydrogen) atoms. The van der Waals surface area contributed by atoms with Gasteiger partial charge in [-0.1, -0.05) is 71.7 Å². The number of allylic oxidation sites excluding steroid dienone is 4. The zero-order valence-corrected chi connectivity index (χ0v) is 13.2. The molecule has 1 rings (SSSR count). The number of rotatable bonds is 8. The molecule has 0 saturated heterocycles. The van der Waals surface area contributed by atoms with Gasteiger partial charge in [0.05, 0.1) is 0 Å². The molecule has 0 N–H and O–H groups in total. The standard InChI is InChI=1S/C17H19IO/c1-2-17(19)13-12-16-11-7-6-10-15(16)9-5-3-4-8-14-18/h2-4,6-7,10-13H,1,5,8-9,14H2/b4-3-,13-12+. The number of alkyl halides is 1. The lowest BCUT2D eigenvalue weighted by molar-refractivity contribution is -0.110. The highest BCUT2D eigenvalue weighted by Crippen LogP contribution is 2.13.